The first-order chi connectivity index (χ1) is 6.59. The molecule has 0 bridgehead atoms. The highest BCUT2D eigenvalue weighted by atomic mass is 16.3. The van der Waals surface area contributed by atoms with Gasteiger partial charge in [0.15, 0.2) is 5.88 Å². The van der Waals surface area contributed by atoms with Gasteiger partial charge in [-0.25, -0.2) is 0 Å². The van der Waals surface area contributed by atoms with Gasteiger partial charge in [-0.05, 0) is 18.2 Å². The minimum Gasteiger partial charge on any atom is -0.494 e. The maximum atomic E-state index is 9.45. The summed E-state index contributed by atoms with van der Waals surface area (Å²) in [6, 6.07) is 7.05. The van der Waals surface area contributed by atoms with Gasteiger partial charge >= 0.3 is 0 Å². The summed E-state index contributed by atoms with van der Waals surface area (Å²) in [6.07, 6.45) is 0. The topological polar surface area (TPSA) is 75.0 Å². The normalized spacial score (nSPS) is 10.6. The summed E-state index contributed by atoms with van der Waals surface area (Å²) in [5.41, 5.74) is 6.96. The van der Waals surface area contributed by atoms with Gasteiger partial charge in [0.05, 0.1) is 5.52 Å². The molecule has 14 heavy (non-hydrogen) atoms. The molecule has 1 aromatic heterocycles. The van der Waals surface area contributed by atoms with E-state index in [1.54, 1.807) is 29.8 Å². The number of rotatable bonds is 1. The van der Waals surface area contributed by atoms with E-state index in [1.165, 1.54) is 0 Å². The van der Waals surface area contributed by atoms with Crippen LogP contribution in [0.2, 0.25) is 0 Å². The highest BCUT2D eigenvalue weighted by molar-refractivity contribution is 5.99. The van der Waals surface area contributed by atoms with Gasteiger partial charge in [-0.15, -0.1) is 0 Å². The molecule has 4 heteroatoms. The van der Waals surface area contributed by atoms with Crippen molar-refractivity contribution in [1.82, 2.24) is 4.57 Å². The molecule has 0 atom stereocenters. The van der Waals surface area contributed by atoms with Gasteiger partial charge in [-0.3, -0.25) is 5.41 Å². The largest absolute Gasteiger partial charge is 0.494 e. The molecule has 4 nitrogen and oxygen atoms in total. The van der Waals surface area contributed by atoms with Crippen molar-refractivity contribution in [3.05, 3.63) is 29.8 Å². The Labute approximate surface area is 81.1 Å². The first-order valence-electron chi connectivity index (χ1n) is 4.22. The molecule has 0 aliphatic heterocycles. The van der Waals surface area contributed by atoms with Crippen LogP contribution in [0.25, 0.3) is 10.9 Å². The lowest BCUT2D eigenvalue weighted by Crippen LogP contribution is -2.10. The number of hydrogen-bond acceptors (Lipinski definition) is 2. The van der Waals surface area contributed by atoms with Crippen molar-refractivity contribution in [2.45, 2.75) is 0 Å². The predicted octanol–water partition coefficient (Wildman–Crippen LogP) is 1.17. The number of aromatic hydroxyl groups is 1. The summed E-state index contributed by atoms with van der Waals surface area (Å²) < 4.78 is 1.68. The van der Waals surface area contributed by atoms with Crippen LogP contribution < -0.4 is 5.73 Å². The van der Waals surface area contributed by atoms with E-state index in [1.807, 2.05) is 6.07 Å². The third-order valence-electron chi connectivity index (χ3n) is 2.33. The average Bonchev–Trinajstić information content (AvgIpc) is 2.42. The molecule has 0 saturated carbocycles. The van der Waals surface area contributed by atoms with Gasteiger partial charge in [-0.1, -0.05) is 0 Å². The Morgan fingerprint density at radius 2 is 2.14 bits per heavy atom. The molecule has 1 heterocycles. The van der Waals surface area contributed by atoms with Crippen molar-refractivity contribution in [2.75, 3.05) is 0 Å². The Morgan fingerprint density at radius 3 is 2.79 bits per heavy atom. The standard InChI is InChI=1S/C10H11N3O/c1-13-8-3-2-6(10(11)12)4-7(8)5-9(13)14/h2-5,14H,1H3,(H3,11,12). The summed E-state index contributed by atoms with van der Waals surface area (Å²) in [5.74, 6) is 0.246. The van der Waals surface area contributed by atoms with E-state index in [4.69, 9.17) is 11.1 Å². The Bertz CT molecular complexity index is 513. The number of benzene rings is 1. The number of nitrogen functional groups attached to an aromatic ring is 1. The summed E-state index contributed by atoms with van der Waals surface area (Å²) in [7, 11) is 1.78. The Morgan fingerprint density at radius 1 is 1.43 bits per heavy atom. The maximum absolute atomic E-state index is 9.45. The molecular weight excluding hydrogens is 178 g/mol. The van der Waals surface area contributed by atoms with Crippen LogP contribution in [-0.4, -0.2) is 15.5 Å². The Kier molecular flexibility index (Phi) is 1.70. The number of amidine groups is 1. The van der Waals surface area contributed by atoms with Crippen LogP contribution in [-0.2, 0) is 7.05 Å². The van der Waals surface area contributed by atoms with Crippen molar-refractivity contribution in [3.8, 4) is 5.88 Å². The number of aromatic nitrogens is 1. The number of aryl methyl sites for hydroxylation is 1. The van der Waals surface area contributed by atoms with Crippen molar-refractivity contribution < 1.29 is 5.11 Å². The van der Waals surface area contributed by atoms with Gasteiger partial charge in [0.2, 0.25) is 0 Å². The highest BCUT2D eigenvalue weighted by Gasteiger charge is 2.05. The fourth-order valence-corrected chi connectivity index (χ4v) is 1.50. The Hall–Kier alpha value is -1.97. The van der Waals surface area contributed by atoms with Gasteiger partial charge in [0.25, 0.3) is 0 Å². The van der Waals surface area contributed by atoms with Gasteiger partial charge in [-0.2, -0.15) is 0 Å². The number of fused-ring (bicyclic) bond motifs is 1. The molecule has 1 aromatic carbocycles. The van der Waals surface area contributed by atoms with Crippen LogP contribution in [0.4, 0.5) is 0 Å². The minimum absolute atomic E-state index is 0.0373. The molecule has 0 aliphatic carbocycles. The lowest BCUT2D eigenvalue weighted by atomic mass is 10.1. The minimum atomic E-state index is 0.0373. The molecule has 0 unspecified atom stereocenters. The van der Waals surface area contributed by atoms with Crippen molar-refractivity contribution in [1.29, 1.82) is 5.41 Å². The van der Waals surface area contributed by atoms with Crippen LogP contribution in [0, 0.1) is 5.41 Å². The second-order valence-electron chi connectivity index (χ2n) is 3.25. The monoisotopic (exact) mass is 189 g/mol. The second kappa shape index (κ2) is 2.77. The average molecular weight is 189 g/mol. The molecule has 0 fully saturated rings. The lowest BCUT2D eigenvalue weighted by molar-refractivity contribution is 0.435. The third-order valence-corrected chi connectivity index (χ3v) is 2.33. The Balaban J connectivity index is 2.73. The van der Waals surface area contributed by atoms with Gasteiger partial charge < -0.3 is 15.4 Å². The van der Waals surface area contributed by atoms with Crippen LogP contribution in [0.1, 0.15) is 5.56 Å². The quantitative estimate of drug-likeness (QED) is 0.465. The van der Waals surface area contributed by atoms with E-state index < -0.39 is 0 Å². The molecule has 72 valence electrons. The zero-order valence-corrected chi connectivity index (χ0v) is 7.78. The molecule has 0 radical (unpaired) electrons. The van der Waals surface area contributed by atoms with E-state index in [0.717, 1.165) is 10.9 Å². The SMILES string of the molecule is Cn1c(O)cc2cc(C(=N)N)ccc21. The highest BCUT2D eigenvalue weighted by Crippen LogP contribution is 2.23. The molecule has 0 amide bonds. The molecule has 0 aliphatic rings. The third kappa shape index (κ3) is 1.12. The van der Waals surface area contributed by atoms with Crippen LogP contribution >= 0.6 is 0 Å². The van der Waals surface area contributed by atoms with E-state index in [0.29, 0.717) is 5.56 Å². The summed E-state index contributed by atoms with van der Waals surface area (Å²) in [6.45, 7) is 0. The number of nitrogens with one attached hydrogen (secondary N) is 1. The van der Waals surface area contributed by atoms with Gasteiger partial charge in [0, 0.05) is 24.1 Å². The summed E-state index contributed by atoms with van der Waals surface area (Å²) >= 11 is 0. The second-order valence-corrected chi connectivity index (χ2v) is 3.25. The molecule has 2 aromatic rings. The molecular formula is C10H11N3O. The first kappa shape index (κ1) is 8.62. The van der Waals surface area contributed by atoms with E-state index in [2.05, 4.69) is 0 Å². The summed E-state index contributed by atoms with van der Waals surface area (Å²) in [4.78, 5) is 0. The first-order valence-corrected chi connectivity index (χ1v) is 4.22. The van der Waals surface area contributed by atoms with E-state index >= 15 is 0 Å². The lowest BCUT2D eigenvalue weighted by Gasteiger charge is -1.99. The van der Waals surface area contributed by atoms with E-state index in [9.17, 15) is 5.11 Å². The smallest absolute Gasteiger partial charge is 0.191 e. The zero-order valence-electron chi connectivity index (χ0n) is 7.78. The van der Waals surface area contributed by atoms with Crippen LogP contribution in [0.5, 0.6) is 5.88 Å². The molecule has 0 spiro atoms. The molecule has 0 saturated heterocycles. The van der Waals surface area contributed by atoms with Crippen LogP contribution in [0.3, 0.4) is 0 Å². The predicted molar refractivity (Wildman–Crippen MR) is 55.6 cm³/mol. The van der Waals surface area contributed by atoms with Crippen molar-refractivity contribution in [3.63, 3.8) is 0 Å². The maximum Gasteiger partial charge on any atom is 0.191 e. The summed E-state index contributed by atoms with van der Waals surface area (Å²) in [5, 5.41) is 17.6. The van der Waals surface area contributed by atoms with Crippen LogP contribution in [0.15, 0.2) is 24.3 Å². The van der Waals surface area contributed by atoms with Gasteiger partial charge in [0.1, 0.15) is 5.84 Å². The zero-order chi connectivity index (χ0) is 10.3. The molecule has 4 N–H and O–H groups in total. The fourth-order valence-electron chi connectivity index (χ4n) is 1.50. The van der Waals surface area contributed by atoms with Crippen molar-refractivity contribution >= 4 is 16.7 Å². The number of hydrogen-bond donors (Lipinski definition) is 3. The fraction of sp³-hybridized carbons (Fsp3) is 0.100. The number of nitrogens with two attached hydrogens (primary N) is 1. The van der Waals surface area contributed by atoms with Crippen molar-refractivity contribution in [2.24, 2.45) is 12.8 Å². The molecule has 2 rings (SSSR count). The van der Waals surface area contributed by atoms with E-state index in [-0.39, 0.29) is 11.7 Å². The number of nitrogens with zero attached hydrogens (tertiary/aromatic N) is 1.